The van der Waals surface area contributed by atoms with Crippen LogP contribution < -0.4 is 9.13 Å². The van der Waals surface area contributed by atoms with E-state index in [9.17, 15) is 0 Å². The van der Waals surface area contributed by atoms with Crippen molar-refractivity contribution in [2.75, 3.05) is 0 Å². The molecule has 0 aliphatic rings. The second-order valence-electron chi connectivity index (χ2n) is 6.80. The molecule has 0 fully saturated rings. The molecule has 0 bridgehead atoms. The molecule has 23 heavy (non-hydrogen) atoms. The second kappa shape index (κ2) is 9.53. The number of hydrogen-bond donors (Lipinski definition) is 0. The van der Waals surface area contributed by atoms with Crippen LogP contribution in [0.5, 0.6) is 0 Å². The Morgan fingerprint density at radius 1 is 0.739 bits per heavy atom. The molecule has 0 aliphatic carbocycles. The van der Waals surface area contributed by atoms with Crippen LogP contribution in [0.3, 0.4) is 0 Å². The zero-order valence-corrected chi connectivity index (χ0v) is 15.2. The van der Waals surface area contributed by atoms with Crippen LogP contribution in [0.25, 0.3) is 0 Å². The second-order valence-corrected chi connectivity index (χ2v) is 6.80. The summed E-state index contributed by atoms with van der Waals surface area (Å²) in [5.41, 5.74) is 0. The maximum absolute atomic E-state index is 2.32. The third-order valence-corrected chi connectivity index (χ3v) is 4.58. The van der Waals surface area contributed by atoms with Crippen molar-refractivity contribution in [2.24, 2.45) is 14.1 Å². The summed E-state index contributed by atoms with van der Waals surface area (Å²) in [5, 5.41) is 0. The van der Waals surface area contributed by atoms with Gasteiger partial charge in [0.2, 0.25) is 18.8 Å². The molecule has 2 rings (SSSR count). The molecule has 0 saturated heterocycles. The van der Waals surface area contributed by atoms with Crippen LogP contribution in [0, 0.1) is 0 Å². The lowest BCUT2D eigenvalue weighted by molar-refractivity contribution is -0.672. The number of hydrogen-bond acceptors (Lipinski definition) is 0. The number of aryl methyl sites for hydroxylation is 2. The van der Waals surface area contributed by atoms with Crippen molar-refractivity contribution in [3.05, 3.63) is 37.4 Å². The van der Waals surface area contributed by atoms with Crippen molar-refractivity contribution in [1.29, 1.82) is 0 Å². The van der Waals surface area contributed by atoms with E-state index >= 15 is 0 Å². The maximum atomic E-state index is 2.32. The zero-order valence-electron chi connectivity index (χ0n) is 15.2. The van der Waals surface area contributed by atoms with E-state index in [4.69, 9.17) is 0 Å². The molecule has 0 radical (unpaired) electrons. The zero-order chi connectivity index (χ0) is 16.5. The van der Waals surface area contributed by atoms with Gasteiger partial charge in [-0.2, -0.15) is 9.13 Å². The van der Waals surface area contributed by atoms with Crippen molar-refractivity contribution in [1.82, 2.24) is 9.13 Å². The number of unbranched alkanes of at least 4 members (excludes halogenated alkanes) is 7. The fraction of sp³-hybridized carbons (Fsp3) is 0.684. The van der Waals surface area contributed by atoms with Crippen LogP contribution >= 0.6 is 0 Å². The molecule has 0 unspecified atom stereocenters. The number of nitrogens with zero attached hydrogens (tertiary/aromatic N) is 4. The SMILES string of the molecule is CCCCCCCCCCC(n1cc[n+](C)c1)n1cc[n+](C)c1. The van der Waals surface area contributed by atoms with E-state index in [1.54, 1.807) is 0 Å². The molecule has 0 saturated carbocycles. The van der Waals surface area contributed by atoms with Crippen molar-refractivity contribution >= 4 is 0 Å². The summed E-state index contributed by atoms with van der Waals surface area (Å²) < 4.78 is 8.87. The van der Waals surface area contributed by atoms with Crippen molar-refractivity contribution in [3.8, 4) is 0 Å². The van der Waals surface area contributed by atoms with Crippen LogP contribution in [0.4, 0.5) is 0 Å². The number of aromatic nitrogens is 4. The first-order valence-corrected chi connectivity index (χ1v) is 9.26. The molecule has 0 aromatic carbocycles. The molecular weight excluding hydrogens is 284 g/mol. The molecule has 0 spiro atoms. The minimum absolute atomic E-state index is 0.387. The standard InChI is InChI=1S/C19H34N4/c1-4-5-6-7-8-9-10-11-12-19(22-15-13-20(2)17-22)23-16-14-21(3)18-23/h13-19H,4-12H2,1-3H3/q+2. The summed E-state index contributed by atoms with van der Waals surface area (Å²) in [6.45, 7) is 2.28. The molecule has 2 aromatic heterocycles. The molecule has 0 atom stereocenters. The van der Waals surface area contributed by atoms with Crippen molar-refractivity contribution in [2.45, 2.75) is 70.9 Å². The Bertz CT molecular complexity index is 515. The van der Waals surface area contributed by atoms with Crippen LogP contribution in [-0.2, 0) is 14.1 Å². The normalized spacial score (nSPS) is 11.5. The Balaban J connectivity index is 1.80. The lowest BCUT2D eigenvalue weighted by atomic mass is 10.1. The van der Waals surface area contributed by atoms with Gasteiger partial charge in [-0.15, -0.1) is 0 Å². The molecule has 0 aliphatic heterocycles. The average molecular weight is 319 g/mol. The molecule has 0 amide bonds. The maximum Gasteiger partial charge on any atom is 0.246 e. The Kier molecular flexibility index (Phi) is 7.37. The van der Waals surface area contributed by atoms with Gasteiger partial charge in [0.1, 0.15) is 24.8 Å². The predicted octanol–water partition coefficient (Wildman–Crippen LogP) is 3.52. The highest BCUT2D eigenvalue weighted by Crippen LogP contribution is 2.18. The number of imidazole rings is 2. The lowest BCUT2D eigenvalue weighted by Crippen LogP contribution is -2.27. The summed E-state index contributed by atoms with van der Waals surface area (Å²) in [4.78, 5) is 0. The first-order chi connectivity index (χ1) is 11.2. The highest BCUT2D eigenvalue weighted by molar-refractivity contribution is 4.80. The van der Waals surface area contributed by atoms with Gasteiger partial charge >= 0.3 is 0 Å². The smallest absolute Gasteiger partial charge is 0.239 e. The first-order valence-electron chi connectivity index (χ1n) is 9.26. The molecule has 4 heteroatoms. The third kappa shape index (κ3) is 5.85. The van der Waals surface area contributed by atoms with Crippen molar-refractivity contribution in [3.63, 3.8) is 0 Å². The van der Waals surface area contributed by atoms with E-state index in [-0.39, 0.29) is 0 Å². The lowest BCUT2D eigenvalue weighted by Gasteiger charge is -2.10. The van der Waals surface area contributed by atoms with Gasteiger partial charge in [0.05, 0.1) is 14.1 Å². The summed E-state index contributed by atoms with van der Waals surface area (Å²) in [7, 11) is 4.17. The van der Waals surface area contributed by atoms with E-state index in [2.05, 4.69) is 76.7 Å². The summed E-state index contributed by atoms with van der Waals surface area (Å²) in [6.07, 6.45) is 25.5. The Morgan fingerprint density at radius 3 is 1.65 bits per heavy atom. The largest absolute Gasteiger partial charge is 0.246 e. The first kappa shape index (κ1) is 17.8. The van der Waals surface area contributed by atoms with Gasteiger partial charge in [-0.05, 0) is 6.42 Å². The van der Waals surface area contributed by atoms with Crippen molar-refractivity contribution < 1.29 is 9.13 Å². The molecule has 2 heterocycles. The van der Waals surface area contributed by atoms with Gasteiger partial charge in [-0.25, -0.2) is 9.13 Å². The Labute approximate surface area is 141 Å². The van der Waals surface area contributed by atoms with E-state index in [0.717, 1.165) is 0 Å². The molecule has 128 valence electrons. The molecule has 2 aromatic rings. The van der Waals surface area contributed by atoms with E-state index in [1.807, 2.05) is 0 Å². The van der Waals surface area contributed by atoms with Crippen LogP contribution in [-0.4, -0.2) is 9.13 Å². The quantitative estimate of drug-likeness (QED) is 0.446. The van der Waals surface area contributed by atoms with Gasteiger partial charge in [0, 0.05) is 6.42 Å². The summed E-state index contributed by atoms with van der Waals surface area (Å²) >= 11 is 0. The van der Waals surface area contributed by atoms with Crippen LogP contribution in [0.1, 0.15) is 70.9 Å². The molecular formula is C19H34N4+2. The predicted molar refractivity (Wildman–Crippen MR) is 92.9 cm³/mol. The van der Waals surface area contributed by atoms with Crippen LogP contribution in [0.15, 0.2) is 37.4 Å². The average Bonchev–Trinajstić information content (AvgIpc) is 3.15. The fourth-order valence-corrected chi connectivity index (χ4v) is 3.20. The van der Waals surface area contributed by atoms with Gasteiger partial charge in [0.25, 0.3) is 0 Å². The third-order valence-electron chi connectivity index (χ3n) is 4.58. The monoisotopic (exact) mass is 318 g/mol. The Hall–Kier alpha value is -1.58. The van der Waals surface area contributed by atoms with Crippen LogP contribution in [0.2, 0.25) is 0 Å². The highest BCUT2D eigenvalue weighted by Gasteiger charge is 2.22. The minimum Gasteiger partial charge on any atom is -0.239 e. The van der Waals surface area contributed by atoms with Gasteiger partial charge < -0.3 is 0 Å². The Morgan fingerprint density at radius 2 is 1.22 bits per heavy atom. The van der Waals surface area contributed by atoms with E-state index in [1.165, 1.54) is 57.8 Å². The number of rotatable bonds is 11. The van der Waals surface area contributed by atoms with Gasteiger partial charge in [-0.1, -0.05) is 51.9 Å². The minimum atomic E-state index is 0.387. The summed E-state index contributed by atoms with van der Waals surface area (Å²) in [6, 6.07) is 0. The molecule has 4 nitrogen and oxygen atoms in total. The van der Waals surface area contributed by atoms with E-state index < -0.39 is 0 Å². The highest BCUT2D eigenvalue weighted by atomic mass is 15.3. The summed E-state index contributed by atoms with van der Waals surface area (Å²) in [5.74, 6) is 0. The van der Waals surface area contributed by atoms with E-state index in [0.29, 0.717) is 6.17 Å². The fourth-order valence-electron chi connectivity index (χ4n) is 3.20. The van der Waals surface area contributed by atoms with Gasteiger partial charge in [-0.3, -0.25) is 0 Å². The molecule has 0 N–H and O–H groups in total. The topological polar surface area (TPSA) is 17.6 Å². The van der Waals surface area contributed by atoms with Gasteiger partial charge in [0.15, 0.2) is 0 Å².